The summed E-state index contributed by atoms with van der Waals surface area (Å²) in [7, 11) is -3.92. The zero-order valence-electron chi connectivity index (χ0n) is 18.8. The fourth-order valence-corrected chi connectivity index (χ4v) is 4.07. The molecular weight excluding hydrogens is 420 g/mol. The average Bonchev–Trinajstić information content (AvgIpc) is 2.76. The van der Waals surface area contributed by atoms with Crippen molar-refractivity contribution in [3.8, 4) is 28.7 Å². The van der Waals surface area contributed by atoms with Gasteiger partial charge in [0.15, 0.2) is 0 Å². The Morgan fingerprint density at radius 3 is 2.03 bits per heavy atom. The number of aryl methyl sites for hydroxylation is 1. The largest absolute Gasteiger partial charge is 0.481 e. The van der Waals surface area contributed by atoms with Gasteiger partial charge in [-0.3, -0.25) is 0 Å². The highest BCUT2D eigenvalue weighted by Crippen LogP contribution is 2.26. The van der Waals surface area contributed by atoms with Gasteiger partial charge in [0.05, 0.1) is 4.90 Å². The molecule has 0 saturated heterocycles. The van der Waals surface area contributed by atoms with Crippen molar-refractivity contribution >= 4 is 10.1 Å². The third-order valence-electron chi connectivity index (χ3n) is 4.82. The van der Waals surface area contributed by atoms with Gasteiger partial charge in [-0.2, -0.15) is 8.42 Å². The Balaban J connectivity index is 1.65. The maximum atomic E-state index is 12.7. The van der Waals surface area contributed by atoms with Crippen LogP contribution in [0.3, 0.4) is 0 Å². The third kappa shape index (κ3) is 6.46. The summed E-state index contributed by atoms with van der Waals surface area (Å²) in [6, 6.07) is 24.4. The van der Waals surface area contributed by atoms with Crippen molar-refractivity contribution in [1.29, 1.82) is 0 Å². The van der Waals surface area contributed by atoms with Gasteiger partial charge in [-0.15, -0.1) is 0 Å². The van der Waals surface area contributed by atoms with E-state index in [1.54, 1.807) is 24.3 Å². The lowest BCUT2D eigenvalue weighted by Crippen LogP contribution is -2.30. The molecule has 0 aromatic heterocycles. The second-order valence-electron chi connectivity index (χ2n) is 8.61. The smallest absolute Gasteiger partial charge is 0.298 e. The fraction of sp³-hybridized carbons (Fsp3) is 0.259. The lowest BCUT2D eigenvalue weighted by molar-refractivity contribution is 0.143. The van der Waals surface area contributed by atoms with Crippen LogP contribution in [-0.4, -0.2) is 21.1 Å². The minimum absolute atomic E-state index is 0.119. The first-order chi connectivity index (χ1) is 15.1. The van der Waals surface area contributed by atoms with Crippen molar-refractivity contribution < 1.29 is 17.3 Å². The van der Waals surface area contributed by atoms with E-state index >= 15 is 0 Å². The van der Waals surface area contributed by atoms with Crippen LogP contribution in [0.1, 0.15) is 26.3 Å². The maximum absolute atomic E-state index is 12.7. The predicted octanol–water partition coefficient (Wildman–Crippen LogP) is 5.86. The molecule has 1 unspecified atom stereocenters. The molecule has 0 bridgehead atoms. The van der Waals surface area contributed by atoms with Gasteiger partial charge in [0, 0.05) is 5.41 Å². The van der Waals surface area contributed by atoms with Gasteiger partial charge in [0.1, 0.15) is 18.5 Å². The molecule has 0 N–H and O–H groups in total. The molecule has 0 saturated carbocycles. The third-order valence-corrected chi connectivity index (χ3v) is 6.12. The molecule has 0 aliphatic rings. The maximum Gasteiger partial charge on any atom is 0.298 e. The predicted molar refractivity (Wildman–Crippen MR) is 128 cm³/mol. The Bertz CT molecular complexity index is 1180. The minimum atomic E-state index is -3.92. The Hall–Kier alpha value is -3.07. The van der Waals surface area contributed by atoms with Crippen LogP contribution in [-0.2, 0) is 14.3 Å². The highest BCUT2D eigenvalue weighted by Gasteiger charge is 2.30. The molecule has 0 spiro atoms. The summed E-state index contributed by atoms with van der Waals surface area (Å²) in [6.45, 7) is 7.70. The molecule has 3 rings (SSSR count). The SMILES string of the molecule is Cc1ccc(S(=O)(=O)OC(C#CCOc2ccc(-c3ccccc3)cc2)C(C)(C)C)cc1. The summed E-state index contributed by atoms with van der Waals surface area (Å²) in [6.07, 6.45) is -0.808. The van der Waals surface area contributed by atoms with Crippen molar-refractivity contribution in [3.63, 3.8) is 0 Å². The molecule has 0 heterocycles. The Morgan fingerprint density at radius 1 is 0.844 bits per heavy atom. The van der Waals surface area contributed by atoms with E-state index in [1.165, 1.54) is 0 Å². The summed E-state index contributed by atoms with van der Waals surface area (Å²) in [5.74, 6) is 6.53. The molecule has 166 valence electrons. The Labute approximate surface area is 191 Å². The number of hydrogen-bond acceptors (Lipinski definition) is 4. The normalized spacial score (nSPS) is 12.5. The van der Waals surface area contributed by atoms with E-state index in [4.69, 9.17) is 8.92 Å². The van der Waals surface area contributed by atoms with Crippen LogP contribution in [0.15, 0.2) is 83.8 Å². The minimum Gasteiger partial charge on any atom is -0.481 e. The topological polar surface area (TPSA) is 52.6 Å². The van der Waals surface area contributed by atoms with E-state index in [0.717, 1.165) is 16.7 Å². The monoisotopic (exact) mass is 448 g/mol. The van der Waals surface area contributed by atoms with Crippen LogP contribution in [0.5, 0.6) is 5.75 Å². The van der Waals surface area contributed by atoms with Crippen LogP contribution < -0.4 is 4.74 Å². The molecule has 3 aromatic rings. The van der Waals surface area contributed by atoms with Gasteiger partial charge in [-0.1, -0.05) is 92.8 Å². The van der Waals surface area contributed by atoms with Gasteiger partial charge < -0.3 is 4.74 Å². The first-order valence-electron chi connectivity index (χ1n) is 10.4. The van der Waals surface area contributed by atoms with E-state index in [1.807, 2.05) is 70.2 Å². The Kier molecular flexibility index (Phi) is 7.40. The highest BCUT2D eigenvalue weighted by molar-refractivity contribution is 7.86. The quantitative estimate of drug-likeness (QED) is 0.350. The molecule has 0 amide bonds. The number of ether oxygens (including phenoxy) is 1. The van der Waals surface area contributed by atoms with Crippen molar-refractivity contribution in [1.82, 2.24) is 0 Å². The zero-order chi connectivity index (χ0) is 23.2. The first-order valence-corrected chi connectivity index (χ1v) is 11.8. The lowest BCUT2D eigenvalue weighted by Gasteiger charge is -2.25. The molecular formula is C27H28O4S. The van der Waals surface area contributed by atoms with Crippen molar-refractivity contribution in [3.05, 3.63) is 84.4 Å². The van der Waals surface area contributed by atoms with Crippen LogP contribution in [0.2, 0.25) is 0 Å². The summed E-state index contributed by atoms with van der Waals surface area (Å²) < 4.78 is 36.6. The van der Waals surface area contributed by atoms with Crippen molar-refractivity contribution in [2.45, 2.75) is 38.7 Å². The van der Waals surface area contributed by atoms with Gasteiger partial charge in [0.2, 0.25) is 0 Å². The molecule has 3 aromatic carbocycles. The number of benzene rings is 3. The second kappa shape index (κ2) is 10.0. The van der Waals surface area contributed by atoms with E-state index in [0.29, 0.717) is 5.75 Å². The standard InChI is InChI=1S/C27H28O4S/c1-21-12-18-25(19-13-21)32(28,29)31-26(27(2,3)4)11-8-20-30-24-16-14-23(15-17-24)22-9-6-5-7-10-22/h5-7,9-10,12-19,26H,20H2,1-4H3. The summed E-state index contributed by atoms with van der Waals surface area (Å²) in [5, 5.41) is 0. The average molecular weight is 449 g/mol. The van der Waals surface area contributed by atoms with Crippen LogP contribution in [0.25, 0.3) is 11.1 Å². The number of rotatable bonds is 6. The van der Waals surface area contributed by atoms with Crippen LogP contribution in [0.4, 0.5) is 0 Å². The van der Waals surface area contributed by atoms with Gasteiger partial charge in [-0.05, 0) is 42.3 Å². The molecule has 0 aliphatic carbocycles. The first kappa shape index (κ1) is 23.6. The molecule has 0 fully saturated rings. The van der Waals surface area contributed by atoms with E-state index < -0.39 is 21.6 Å². The number of hydrogen-bond donors (Lipinski definition) is 0. The molecule has 0 radical (unpaired) electrons. The summed E-state index contributed by atoms with van der Waals surface area (Å²) in [5.41, 5.74) is 2.72. The lowest BCUT2D eigenvalue weighted by atomic mass is 9.90. The molecule has 4 nitrogen and oxygen atoms in total. The van der Waals surface area contributed by atoms with Crippen LogP contribution in [0, 0.1) is 24.2 Å². The highest BCUT2D eigenvalue weighted by atomic mass is 32.2. The van der Waals surface area contributed by atoms with Gasteiger partial charge in [0.25, 0.3) is 10.1 Å². The molecule has 5 heteroatoms. The molecule has 0 aliphatic heterocycles. The van der Waals surface area contributed by atoms with Gasteiger partial charge >= 0.3 is 0 Å². The zero-order valence-corrected chi connectivity index (χ0v) is 19.6. The van der Waals surface area contributed by atoms with Gasteiger partial charge in [-0.25, -0.2) is 4.18 Å². The van der Waals surface area contributed by atoms with Crippen molar-refractivity contribution in [2.24, 2.45) is 5.41 Å². The molecule has 1 atom stereocenters. The Morgan fingerprint density at radius 2 is 1.44 bits per heavy atom. The van der Waals surface area contributed by atoms with Crippen LogP contribution >= 0.6 is 0 Å². The van der Waals surface area contributed by atoms with E-state index in [-0.39, 0.29) is 11.5 Å². The summed E-state index contributed by atoms with van der Waals surface area (Å²) >= 11 is 0. The van der Waals surface area contributed by atoms with E-state index in [9.17, 15) is 8.42 Å². The van der Waals surface area contributed by atoms with E-state index in [2.05, 4.69) is 24.0 Å². The second-order valence-corrected chi connectivity index (χ2v) is 10.2. The van der Waals surface area contributed by atoms with Crippen molar-refractivity contribution in [2.75, 3.05) is 6.61 Å². The molecule has 32 heavy (non-hydrogen) atoms. The fourth-order valence-electron chi connectivity index (χ4n) is 2.90. The summed E-state index contributed by atoms with van der Waals surface area (Å²) in [4.78, 5) is 0.119.